The van der Waals surface area contributed by atoms with Crippen molar-refractivity contribution < 1.29 is 4.79 Å². The first-order valence-electron chi connectivity index (χ1n) is 10.7. The van der Waals surface area contributed by atoms with Gasteiger partial charge in [-0.3, -0.25) is 14.1 Å². The van der Waals surface area contributed by atoms with Gasteiger partial charge in [-0.15, -0.1) is 0 Å². The van der Waals surface area contributed by atoms with E-state index >= 15 is 0 Å². The van der Waals surface area contributed by atoms with E-state index in [1.54, 1.807) is 0 Å². The van der Waals surface area contributed by atoms with Gasteiger partial charge >= 0.3 is 0 Å². The van der Waals surface area contributed by atoms with Gasteiger partial charge in [0.05, 0.1) is 11.0 Å². The van der Waals surface area contributed by atoms with E-state index in [1.807, 2.05) is 18.1 Å². The Kier molecular flexibility index (Phi) is 5.05. The van der Waals surface area contributed by atoms with Gasteiger partial charge in [0.25, 0.3) is 5.91 Å². The quantitative estimate of drug-likeness (QED) is 0.714. The van der Waals surface area contributed by atoms with E-state index in [0.29, 0.717) is 12.1 Å². The number of thiazole rings is 1. The molecule has 1 atom stereocenters. The standard InChI is InChI=1S/C22H29N5OS/c1-25(17-5-3-2-4-6-17)21(28)20-14-27-19-11-15(12-26-10-9-16(23)13-26)7-8-18(19)24-22(27)29-20/h7-8,11,14,16-17H,2-6,9-10,12-13,23H2,1H3. The summed E-state index contributed by atoms with van der Waals surface area (Å²) in [6.07, 6.45) is 9.05. The highest BCUT2D eigenvalue weighted by atomic mass is 32.1. The first kappa shape index (κ1) is 19.0. The molecule has 6 nitrogen and oxygen atoms in total. The zero-order valence-corrected chi connectivity index (χ0v) is 17.8. The first-order chi connectivity index (χ1) is 14.1. The number of likely N-dealkylation sites (tertiary alicyclic amines) is 1. The van der Waals surface area contributed by atoms with E-state index < -0.39 is 0 Å². The average Bonchev–Trinajstić information content (AvgIpc) is 3.42. The maximum absolute atomic E-state index is 13.1. The molecule has 2 aromatic heterocycles. The molecule has 0 bridgehead atoms. The second-order valence-corrected chi connectivity index (χ2v) is 9.68. The molecule has 2 fully saturated rings. The smallest absolute Gasteiger partial charge is 0.265 e. The molecule has 1 aromatic carbocycles. The highest BCUT2D eigenvalue weighted by molar-refractivity contribution is 7.18. The summed E-state index contributed by atoms with van der Waals surface area (Å²) in [5.41, 5.74) is 9.38. The molecule has 154 valence electrons. The van der Waals surface area contributed by atoms with Gasteiger partial charge < -0.3 is 10.6 Å². The van der Waals surface area contributed by atoms with Crippen LogP contribution in [-0.2, 0) is 6.54 Å². The largest absolute Gasteiger partial charge is 0.338 e. The molecule has 5 rings (SSSR count). The predicted molar refractivity (Wildman–Crippen MR) is 117 cm³/mol. The van der Waals surface area contributed by atoms with E-state index in [9.17, 15) is 4.79 Å². The predicted octanol–water partition coefficient (Wildman–Crippen LogP) is 3.49. The average molecular weight is 412 g/mol. The third-order valence-electron chi connectivity index (χ3n) is 6.54. The summed E-state index contributed by atoms with van der Waals surface area (Å²) in [6, 6.07) is 7.14. The molecule has 29 heavy (non-hydrogen) atoms. The zero-order chi connectivity index (χ0) is 20.0. The fourth-order valence-corrected chi connectivity index (χ4v) is 5.80. The number of carbonyl (C=O) groups excluding carboxylic acids is 1. The highest BCUT2D eigenvalue weighted by Gasteiger charge is 2.25. The van der Waals surface area contributed by atoms with Crippen LogP contribution in [0.1, 0.15) is 53.8 Å². The lowest BCUT2D eigenvalue weighted by Gasteiger charge is -2.30. The van der Waals surface area contributed by atoms with E-state index in [2.05, 4.69) is 27.5 Å². The number of nitrogens with two attached hydrogens (primary N) is 1. The summed E-state index contributed by atoms with van der Waals surface area (Å²) >= 11 is 1.50. The molecular formula is C22H29N5OS. The number of carbonyl (C=O) groups is 1. The monoisotopic (exact) mass is 411 g/mol. The summed E-state index contributed by atoms with van der Waals surface area (Å²) in [7, 11) is 1.96. The minimum absolute atomic E-state index is 0.128. The maximum Gasteiger partial charge on any atom is 0.265 e. The van der Waals surface area contributed by atoms with Crippen LogP contribution < -0.4 is 5.73 Å². The second kappa shape index (κ2) is 7.70. The van der Waals surface area contributed by atoms with Crippen molar-refractivity contribution in [3.8, 4) is 0 Å². The number of amides is 1. The Morgan fingerprint density at radius 2 is 2.10 bits per heavy atom. The summed E-state index contributed by atoms with van der Waals surface area (Å²) in [5.74, 6) is 0.128. The minimum atomic E-state index is 0.128. The molecule has 1 amide bonds. The Balaban J connectivity index is 1.40. The molecule has 1 saturated carbocycles. The highest BCUT2D eigenvalue weighted by Crippen LogP contribution is 2.28. The van der Waals surface area contributed by atoms with E-state index in [1.165, 1.54) is 36.2 Å². The number of aromatic nitrogens is 2. The zero-order valence-electron chi connectivity index (χ0n) is 17.0. The van der Waals surface area contributed by atoms with Crippen LogP contribution in [0.25, 0.3) is 16.0 Å². The van der Waals surface area contributed by atoms with Gasteiger partial charge in [0, 0.05) is 45.0 Å². The molecular weight excluding hydrogens is 382 g/mol. The van der Waals surface area contributed by atoms with E-state index in [0.717, 1.165) is 59.8 Å². The second-order valence-electron chi connectivity index (χ2n) is 8.67. The Morgan fingerprint density at radius 3 is 2.86 bits per heavy atom. The lowest BCUT2D eigenvalue weighted by Crippen LogP contribution is -2.37. The van der Waals surface area contributed by atoms with Crippen molar-refractivity contribution in [1.82, 2.24) is 19.2 Å². The molecule has 0 spiro atoms. The van der Waals surface area contributed by atoms with E-state index in [-0.39, 0.29) is 5.91 Å². The number of fused-ring (bicyclic) bond motifs is 3. The van der Waals surface area contributed by atoms with Crippen LogP contribution in [0.5, 0.6) is 0 Å². The molecule has 2 aliphatic rings. The topological polar surface area (TPSA) is 66.9 Å². The van der Waals surface area contributed by atoms with Crippen molar-refractivity contribution in [1.29, 1.82) is 0 Å². The Morgan fingerprint density at radius 1 is 1.28 bits per heavy atom. The van der Waals surface area contributed by atoms with Crippen LogP contribution in [0.2, 0.25) is 0 Å². The normalized spacial score (nSPS) is 21.4. The molecule has 1 aliphatic carbocycles. The van der Waals surface area contributed by atoms with Gasteiger partial charge in [0.2, 0.25) is 0 Å². The van der Waals surface area contributed by atoms with Crippen molar-refractivity contribution in [3.05, 3.63) is 34.8 Å². The van der Waals surface area contributed by atoms with Gasteiger partial charge in [-0.1, -0.05) is 36.7 Å². The van der Waals surface area contributed by atoms with Crippen molar-refractivity contribution in [3.63, 3.8) is 0 Å². The number of hydrogen-bond acceptors (Lipinski definition) is 5. The minimum Gasteiger partial charge on any atom is -0.338 e. The van der Waals surface area contributed by atoms with Crippen molar-refractivity contribution in [2.45, 2.75) is 57.2 Å². The van der Waals surface area contributed by atoms with Crippen molar-refractivity contribution in [2.24, 2.45) is 5.73 Å². The SMILES string of the molecule is CN(C(=O)c1cn2c(nc3ccc(CN4CCC(N)C4)cc32)s1)C1CCCCC1. The molecule has 1 aliphatic heterocycles. The summed E-state index contributed by atoms with van der Waals surface area (Å²) in [4.78, 5) is 23.8. The van der Waals surface area contributed by atoms with Crippen LogP contribution in [-0.4, -0.2) is 57.3 Å². The summed E-state index contributed by atoms with van der Waals surface area (Å²) in [5, 5.41) is 0. The van der Waals surface area contributed by atoms with Crippen LogP contribution in [0.3, 0.4) is 0 Å². The lowest BCUT2D eigenvalue weighted by molar-refractivity contribution is 0.0701. The third-order valence-corrected chi connectivity index (χ3v) is 7.51. The summed E-state index contributed by atoms with van der Waals surface area (Å²) in [6.45, 7) is 2.94. The summed E-state index contributed by atoms with van der Waals surface area (Å²) < 4.78 is 2.08. The van der Waals surface area contributed by atoms with Gasteiger partial charge in [0.1, 0.15) is 4.88 Å². The van der Waals surface area contributed by atoms with Crippen LogP contribution >= 0.6 is 11.3 Å². The van der Waals surface area contributed by atoms with E-state index in [4.69, 9.17) is 10.7 Å². The number of benzene rings is 1. The van der Waals surface area contributed by atoms with Crippen molar-refractivity contribution in [2.75, 3.05) is 20.1 Å². The first-order valence-corrected chi connectivity index (χ1v) is 11.6. The molecule has 3 heterocycles. The molecule has 1 saturated heterocycles. The molecule has 3 aromatic rings. The van der Waals surface area contributed by atoms with Gasteiger partial charge in [-0.2, -0.15) is 0 Å². The molecule has 7 heteroatoms. The van der Waals surface area contributed by atoms with Gasteiger partial charge in [0.15, 0.2) is 4.96 Å². The molecule has 2 N–H and O–H groups in total. The van der Waals surface area contributed by atoms with Crippen molar-refractivity contribution >= 4 is 33.2 Å². The molecule has 0 radical (unpaired) electrons. The Hall–Kier alpha value is -1.96. The van der Waals surface area contributed by atoms with Crippen LogP contribution in [0.15, 0.2) is 24.4 Å². The number of imidazole rings is 1. The fraction of sp³-hybridized carbons (Fsp3) is 0.545. The lowest BCUT2D eigenvalue weighted by atomic mass is 9.94. The van der Waals surface area contributed by atoms with Crippen LogP contribution in [0.4, 0.5) is 0 Å². The molecule has 1 unspecified atom stereocenters. The van der Waals surface area contributed by atoms with Crippen LogP contribution in [0, 0.1) is 0 Å². The fourth-order valence-electron chi connectivity index (χ4n) is 4.82. The number of rotatable bonds is 4. The van der Waals surface area contributed by atoms with Gasteiger partial charge in [-0.05, 0) is 37.0 Å². The van der Waals surface area contributed by atoms with Gasteiger partial charge in [-0.25, -0.2) is 4.98 Å². The number of hydrogen-bond donors (Lipinski definition) is 1. The Labute approximate surface area is 175 Å². The number of nitrogens with zero attached hydrogens (tertiary/aromatic N) is 4. The third kappa shape index (κ3) is 3.67. The Bertz CT molecular complexity index is 1030. The maximum atomic E-state index is 13.1.